The second-order valence-electron chi connectivity index (χ2n) is 6.66. The van der Waals surface area contributed by atoms with Gasteiger partial charge in [-0.25, -0.2) is 0 Å². The number of rotatable bonds is 12. The maximum absolute atomic E-state index is 11.2. The van der Waals surface area contributed by atoms with Crippen molar-refractivity contribution in [2.75, 3.05) is 40.1 Å². The molecule has 0 aliphatic heterocycles. The molecule has 0 radical (unpaired) electrons. The van der Waals surface area contributed by atoms with Crippen LogP contribution >= 0.6 is 0 Å². The van der Waals surface area contributed by atoms with Gasteiger partial charge in [0.1, 0.15) is 5.78 Å². The highest BCUT2D eigenvalue weighted by atomic mass is 16.5. The van der Waals surface area contributed by atoms with E-state index < -0.39 is 0 Å². The average molecular weight is 392 g/mol. The lowest BCUT2D eigenvalue weighted by Gasteiger charge is -2.25. The van der Waals surface area contributed by atoms with Gasteiger partial charge in [-0.3, -0.25) is 9.59 Å². The van der Waals surface area contributed by atoms with Crippen molar-refractivity contribution in [2.24, 2.45) is 17.6 Å². The lowest BCUT2D eigenvalue weighted by atomic mass is 9.80. The number of ether oxygens (including phenoxy) is 3. The zero-order valence-corrected chi connectivity index (χ0v) is 18.3. The van der Waals surface area contributed by atoms with E-state index >= 15 is 0 Å². The number of primary amides is 1. The first-order valence-electron chi connectivity index (χ1n) is 10.4. The van der Waals surface area contributed by atoms with Gasteiger partial charge < -0.3 is 19.9 Å². The number of nitrogens with two attached hydrogens (primary N) is 1. The Morgan fingerprint density at radius 3 is 1.96 bits per heavy atom. The molecule has 0 heterocycles. The first-order chi connectivity index (χ1) is 13.0. The van der Waals surface area contributed by atoms with Crippen molar-refractivity contribution in [3.05, 3.63) is 0 Å². The Balaban J connectivity index is -0.000000397. The van der Waals surface area contributed by atoms with Crippen LogP contribution in [0.1, 0.15) is 74.1 Å². The minimum atomic E-state index is -0.347. The summed E-state index contributed by atoms with van der Waals surface area (Å²) >= 11 is 0. The standard InChI is InChI=1S/C11H20O.C8H17NO4.C2H6.H2/c1-3-11(12)8-10-6-4-9(2)5-7-10;1-11-4-5-13-7-6-12-3-2-8(9)10;1-2;/h9-10H,3-8H2,1-2H3;2-7H2,1H3,(H2,9,10);1-2H3;1H. The summed E-state index contributed by atoms with van der Waals surface area (Å²) in [6.07, 6.45) is 7.08. The molecule has 0 spiro atoms. The summed E-state index contributed by atoms with van der Waals surface area (Å²) in [4.78, 5) is 21.4. The molecule has 0 aromatic rings. The molecule has 0 aromatic heterocycles. The van der Waals surface area contributed by atoms with Crippen LogP contribution in [0.5, 0.6) is 0 Å². The monoisotopic (exact) mass is 391 g/mol. The first kappa shape index (κ1) is 28.2. The Labute approximate surface area is 168 Å². The van der Waals surface area contributed by atoms with Crippen molar-refractivity contribution in [2.45, 2.75) is 72.6 Å². The van der Waals surface area contributed by atoms with Gasteiger partial charge in [0.15, 0.2) is 0 Å². The van der Waals surface area contributed by atoms with E-state index in [9.17, 15) is 9.59 Å². The Kier molecular flexibility index (Phi) is 22.3. The largest absolute Gasteiger partial charge is 0.382 e. The molecule has 0 saturated heterocycles. The third-order valence-corrected chi connectivity index (χ3v) is 4.34. The number of carbonyl (C=O) groups excluding carboxylic acids is 2. The van der Waals surface area contributed by atoms with Crippen molar-refractivity contribution in [1.82, 2.24) is 0 Å². The van der Waals surface area contributed by atoms with Crippen LogP contribution in [0, 0.1) is 11.8 Å². The predicted molar refractivity (Wildman–Crippen MR) is 112 cm³/mol. The van der Waals surface area contributed by atoms with E-state index in [1.165, 1.54) is 25.7 Å². The van der Waals surface area contributed by atoms with Gasteiger partial charge in [0.05, 0.1) is 33.0 Å². The minimum absolute atomic E-state index is 0. The minimum Gasteiger partial charge on any atom is -0.382 e. The zero-order chi connectivity index (χ0) is 20.9. The first-order valence-corrected chi connectivity index (χ1v) is 10.4. The normalized spacial score (nSPS) is 18.6. The molecule has 1 saturated carbocycles. The molecule has 6 heteroatoms. The highest BCUT2D eigenvalue weighted by Gasteiger charge is 2.19. The van der Waals surface area contributed by atoms with E-state index in [4.69, 9.17) is 19.9 Å². The molecule has 0 unspecified atom stereocenters. The summed E-state index contributed by atoms with van der Waals surface area (Å²) < 4.78 is 14.9. The van der Waals surface area contributed by atoms with E-state index in [1.807, 2.05) is 20.8 Å². The van der Waals surface area contributed by atoms with Gasteiger partial charge >= 0.3 is 0 Å². The summed E-state index contributed by atoms with van der Waals surface area (Å²) in [6, 6.07) is 0. The van der Waals surface area contributed by atoms with E-state index in [0.29, 0.717) is 44.7 Å². The van der Waals surface area contributed by atoms with Crippen molar-refractivity contribution in [3.8, 4) is 0 Å². The van der Waals surface area contributed by atoms with Gasteiger partial charge in [-0.1, -0.05) is 40.5 Å². The van der Waals surface area contributed by atoms with Gasteiger partial charge in [0.25, 0.3) is 0 Å². The Morgan fingerprint density at radius 1 is 0.963 bits per heavy atom. The van der Waals surface area contributed by atoms with Crippen LogP contribution in [-0.2, 0) is 23.8 Å². The van der Waals surface area contributed by atoms with E-state index in [1.54, 1.807) is 7.11 Å². The topological polar surface area (TPSA) is 87.8 Å². The van der Waals surface area contributed by atoms with Crippen LogP contribution in [0.2, 0.25) is 0 Å². The van der Waals surface area contributed by atoms with Crippen molar-refractivity contribution >= 4 is 11.7 Å². The van der Waals surface area contributed by atoms with E-state index in [0.717, 1.165) is 18.8 Å². The number of hydrogen-bond acceptors (Lipinski definition) is 5. The summed E-state index contributed by atoms with van der Waals surface area (Å²) in [5.41, 5.74) is 4.91. The van der Waals surface area contributed by atoms with Crippen LogP contribution < -0.4 is 5.73 Å². The van der Waals surface area contributed by atoms with Crippen LogP contribution in [0.25, 0.3) is 0 Å². The number of amides is 1. The molecule has 1 aliphatic carbocycles. The summed E-state index contributed by atoms with van der Waals surface area (Å²) in [6.45, 7) is 10.8. The number of Topliss-reactive ketones (excluding diaryl/α,β-unsaturated/α-hetero) is 1. The molecule has 0 bridgehead atoms. The SMILES string of the molecule is CC.CCC(=O)CC1CCC(C)CC1.COCCOCCOCCC(N)=O.[HH]. The van der Waals surface area contributed by atoms with E-state index in [-0.39, 0.29) is 13.8 Å². The number of methoxy groups -OCH3 is 1. The molecule has 1 amide bonds. The van der Waals surface area contributed by atoms with E-state index in [2.05, 4.69) is 6.92 Å². The molecular weight excluding hydrogens is 346 g/mol. The molecule has 6 nitrogen and oxygen atoms in total. The van der Waals surface area contributed by atoms with Crippen molar-refractivity contribution in [1.29, 1.82) is 0 Å². The Hall–Kier alpha value is -0.980. The maximum atomic E-state index is 11.2. The van der Waals surface area contributed by atoms with Gasteiger partial charge in [0.2, 0.25) is 5.91 Å². The predicted octanol–water partition coefficient (Wildman–Crippen LogP) is 4.00. The number of ketones is 1. The van der Waals surface area contributed by atoms with Crippen LogP contribution in [0.4, 0.5) is 0 Å². The molecule has 1 aliphatic rings. The van der Waals surface area contributed by atoms with Gasteiger partial charge in [0, 0.05) is 27.8 Å². The van der Waals surface area contributed by atoms with Crippen LogP contribution in [0.3, 0.4) is 0 Å². The maximum Gasteiger partial charge on any atom is 0.219 e. The number of hydrogen-bond donors (Lipinski definition) is 1. The van der Waals surface area contributed by atoms with Crippen molar-refractivity contribution in [3.63, 3.8) is 0 Å². The Bertz CT molecular complexity index is 348. The quantitative estimate of drug-likeness (QED) is 0.508. The fourth-order valence-electron chi connectivity index (χ4n) is 2.64. The molecule has 164 valence electrons. The van der Waals surface area contributed by atoms with Crippen LogP contribution in [0.15, 0.2) is 0 Å². The second kappa shape index (κ2) is 21.3. The average Bonchev–Trinajstić information content (AvgIpc) is 2.67. The second-order valence-corrected chi connectivity index (χ2v) is 6.66. The third-order valence-electron chi connectivity index (χ3n) is 4.34. The molecular formula is C21H45NO5. The summed E-state index contributed by atoms with van der Waals surface area (Å²) in [5.74, 6) is 1.72. The van der Waals surface area contributed by atoms with Crippen LogP contribution in [-0.4, -0.2) is 51.8 Å². The molecule has 0 atom stereocenters. The Morgan fingerprint density at radius 2 is 1.48 bits per heavy atom. The fourth-order valence-corrected chi connectivity index (χ4v) is 2.64. The van der Waals surface area contributed by atoms with Gasteiger partial charge in [-0.05, 0) is 24.7 Å². The van der Waals surface area contributed by atoms with Crippen molar-refractivity contribution < 1.29 is 25.2 Å². The lowest BCUT2D eigenvalue weighted by Crippen LogP contribution is -2.15. The zero-order valence-electron chi connectivity index (χ0n) is 18.3. The molecule has 1 rings (SSSR count). The van der Waals surface area contributed by atoms with Gasteiger partial charge in [-0.2, -0.15) is 0 Å². The summed E-state index contributed by atoms with van der Waals surface area (Å²) in [5, 5.41) is 0. The third kappa shape index (κ3) is 21.2. The summed E-state index contributed by atoms with van der Waals surface area (Å²) in [7, 11) is 1.62. The highest BCUT2D eigenvalue weighted by Crippen LogP contribution is 2.30. The molecule has 0 aromatic carbocycles. The van der Waals surface area contributed by atoms with Gasteiger partial charge in [-0.15, -0.1) is 0 Å². The fraction of sp³-hybridized carbons (Fsp3) is 0.905. The smallest absolute Gasteiger partial charge is 0.219 e. The number of carbonyl (C=O) groups is 2. The molecule has 1 fully saturated rings. The lowest BCUT2D eigenvalue weighted by molar-refractivity contribution is -0.120. The highest BCUT2D eigenvalue weighted by molar-refractivity contribution is 5.78. The molecule has 2 N–H and O–H groups in total. The molecule has 27 heavy (non-hydrogen) atoms.